The molecule has 29 heavy (non-hydrogen) atoms. The van der Waals surface area contributed by atoms with E-state index in [1.54, 1.807) is 12.1 Å². The zero-order chi connectivity index (χ0) is 20.8. The van der Waals surface area contributed by atoms with Crippen LogP contribution in [0.5, 0.6) is 5.75 Å². The average Bonchev–Trinajstić information content (AvgIpc) is 2.69. The van der Waals surface area contributed by atoms with Gasteiger partial charge in [-0.1, -0.05) is 23.7 Å². The van der Waals surface area contributed by atoms with Crippen LogP contribution >= 0.6 is 11.6 Å². The molecule has 1 unspecified atom stereocenters. The van der Waals surface area contributed by atoms with Gasteiger partial charge in [0.05, 0.1) is 35.6 Å². The van der Waals surface area contributed by atoms with Gasteiger partial charge in [-0.25, -0.2) is 4.39 Å². The van der Waals surface area contributed by atoms with E-state index in [4.69, 9.17) is 26.8 Å². The van der Waals surface area contributed by atoms with Crippen molar-refractivity contribution >= 4 is 23.2 Å². The third-order valence-corrected chi connectivity index (χ3v) is 4.98. The van der Waals surface area contributed by atoms with Gasteiger partial charge in [-0.05, 0) is 30.7 Å². The topological polar surface area (TPSA) is 76.8 Å². The third-order valence-electron chi connectivity index (χ3n) is 4.65. The highest BCUT2D eigenvalue weighted by Gasteiger charge is 2.22. The lowest BCUT2D eigenvalue weighted by atomic mass is 10.1. The third kappa shape index (κ3) is 5.82. The Morgan fingerprint density at radius 1 is 1.41 bits per heavy atom. The minimum absolute atomic E-state index is 0.166. The molecule has 0 saturated carbocycles. The molecule has 1 atom stereocenters. The molecule has 6 nitrogen and oxygen atoms in total. The molecule has 0 bridgehead atoms. The molecular formula is C21H25ClFN3O3. The van der Waals surface area contributed by atoms with Gasteiger partial charge in [0, 0.05) is 32.2 Å². The van der Waals surface area contributed by atoms with Gasteiger partial charge >= 0.3 is 0 Å². The molecule has 0 radical (unpaired) electrons. The van der Waals surface area contributed by atoms with Crippen molar-refractivity contribution in [2.45, 2.75) is 19.6 Å². The summed E-state index contributed by atoms with van der Waals surface area (Å²) in [5.74, 6) is -0.155. The number of anilines is 1. The van der Waals surface area contributed by atoms with Crippen LogP contribution in [0.4, 0.5) is 10.1 Å². The van der Waals surface area contributed by atoms with Crippen LogP contribution in [-0.2, 0) is 11.3 Å². The van der Waals surface area contributed by atoms with Crippen molar-refractivity contribution in [2.75, 3.05) is 38.6 Å². The number of nitrogen functional groups attached to an aromatic ring is 1. The van der Waals surface area contributed by atoms with Crippen LogP contribution in [0.3, 0.4) is 0 Å². The number of nitrogens with two attached hydrogens (primary N) is 1. The lowest BCUT2D eigenvalue weighted by Gasteiger charge is -2.33. The van der Waals surface area contributed by atoms with Crippen LogP contribution in [0.2, 0.25) is 5.02 Å². The smallest absolute Gasteiger partial charge is 0.255 e. The minimum Gasteiger partial charge on any atom is -0.493 e. The number of hydrogen-bond donors (Lipinski definition) is 2. The summed E-state index contributed by atoms with van der Waals surface area (Å²) in [4.78, 5) is 14.8. The minimum atomic E-state index is -0.304. The number of halogens is 2. The number of nitrogens with one attached hydrogen (secondary N) is 1. The van der Waals surface area contributed by atoms with E-state index in [1.165, 1.54) is 18.2 Å². The predicted molar refractivity (Wildman–Crippen MR) is 111 cm³/mol. The highest BCUT2D eigenvalue weighted by molar-refractivity contribution is 6.33. The van der Waals surface area contributed by atoms with Gasteiger partial charge in [0.15, 0.2) is 0 Å². The highest BCUT2D eigenvalue weighted by atomic mass is 35.5. The zero-order valence-corrected chi connectivity index (χ0v) is 17.0. The Labute approximate surface area is 174 Å². The Balaban J connectivity index is 1.58. The standard InChI is InChI=1S/C21H25ClFN3O3/c1-2-28-20-10-19(24)18(22)9-17(20)21(27)25-11-16-13-26(6-7-29-16)12-14-4-3-5-15(23)8-14/h3-5,8-10,16H,2,6-7,11-13,24H2,1H3,(H,25,27). The summed E-state index contributed by atoms with van der Waals surface area (Å²) in [6.07, 6.45) is -0.166. The molecule has 1 heterocycles. The van der Waals surface area contributed by atoms with Gasteiger partial charge < -0.3 is 20.5 Å². The number of ether oxygens (including phenoxy) is 2. The maximum absolute atomic E-state index is 13.4. The molecule has 2 aromatic carbocycles. The Kier molecular flexibility index (Phi) is 7.30. The number of amides is 1. The summed E-state index contributed by atoms with van der Waals surface area (Å²) in [6.45, 7) is 5.14. The SMILES string of the molecule is CCOc1cc(N)c(Cl)cc1C(=O)NCC1CN(Cc2cccc(F)c2)CCO1. The molecule has 1 amide bonds. The van der Waals surface area contributed by atoms with Crippen LogP contribution in [0.1, 0.15) is 22.8 Å². The van der Waals surface area contributed by atoms with E-state index in [-0.39, 0.29) is 17.8 Å². The zero-order valence-electron chi connectivity index (χ0n) is 16.3. The monoisotopic (exact) mass is 421 g/mol. The first-order chi connectivity index (χ1) is 14.0. The van der Waals surface area contributed by atoms with Gasteiger partial charge in [0.25, 0.3) is 5.91 Å². The van der Waals surface area contributed by atoms with Crippen molar-refractivity contribution in [3.63, 3.8) is 0 Å². The van der Waals surface area contributed by atoms with Crippen LogP contribution in [0.25, 0.3) is 0 Å². The number of carbonyl (C=O) groups is 1. The van der Waals surface area contributed by atoms with Crippen molar-refractivity contribution < 1.29 is 18.7 Å². The van der Waals surface area contributed by atoms with Crippen molar-refractivity contribution in [3.8, 4) is 5.75 Å². The first-order valence-electron chi connectivity index (χ1n) is 9.54. The lowest BCUT2D eigenvalue weighted by molar-refractivity contribution is -0.0293. The fourth-order valence-electron chi connectivity index (χ4n) is 3.26. The Morgan fingerprint density at radius 3 is 3.00 bits per heavy atom. The molecule has 8 heteroatoms. The Bertz CT molecular complexity index is 865. The van der Waals surface area contributed by atoms with E-state index >= 15 is 0 Å². The molecule has 3 N–H and O–H groups in total. The number of carbonyl (C=O) groups excluding carboxylic acids is 1. The van der Waals surface area contributed by atoms with Gasteiger partial charge in [-0.2, -0.15) is 0 Å². The molecule has 1 aliphatic rings. The molecule has 2 aromatic rings. The van der Waals surface area contributed by atoms with E-state index in [1.807, 2.05) is 13.0 Å². The summed E-state index contributed by atoms with van der Waals surface area (Å²) >= 11 is 6.07. The lowest BCUT2D eigenvalue weighted by Crippen LogP contribution is -2.47. The normalized spacial score (nSPS) is 17.1. The first-order valence-corrected chi connectivity index (χ1v) is 9.92. The average molecular weight is 422 g/mol. The van der Waals surface area contributed by atoms with E-state index in [2.05, 4.69) is 10.2 Å². The van der Waals surface area contributed by atoms with Crippen molar-refractivity contribution in [2.24, 2.45) is 0 Å². The number of hydrogen-bond acceptors (Lipinski definition) is 5. The molecule has 0 aromatic heterocycles. The van der Waals surface area contributed by atoms with Crippen molar-refractivity contribution in [3.05, 3.63) is 58.4 Å². The fraction of sp³-hybridized carbons (Fsp3) is 0.381. The summed E-state index contributed by atoms with van der Waals surface area (Å²) in [5, 5.41) is 3.18. The molecule has 156 valence electrons. The molecule has 0 aliphatic carbocycles. The summed E-state index contributed by atoms with van der Waals surface area (Å²) in [7, 11) is 0. The van der Waals surface area contributed by atoms with E-state index in [0.717, 1.165) is 12.1 Å². The van der Waals surface area contributed by atoms with Gasteiger partial charge in [-0.3, -0.25) is 9.69 Å². The maximum atomic E-state index is 13.4. The van der Waals surface area contributed by atoms with Crippen molar-refractivity contribution in [1.29, 1.82) is 0 Å². The van der Waals surface area contributed by atoms with Gasteiger partial charge in [-0.15, -0.1) is 0 Å². The van der Waals surface area contributed by atoms with E-state index in [9.17, 15) is 9.18 Å². The summed E-state index contributed by atoms with van der Waals surface area (Å²) < 4.78 is 24.7. The number of rotatable bonds is 7. The number of benzene rings is 2. The maximum Gasteiger partial charge on any atom is 0.255 e. The van der Waals surface area contributed by atoms with Crippen LogP contribution in [0.15, 0.2) is 36.4 Å². The second kappa shape index (κ2) is 9.91. The molecule has 1 aliphatic heterocycles. The Morgan fingerprint density at radius 2 is 2.24 bits per heavy atom. The quantitative estimate of drug-likeness (QED) is 0.672. The van der Waals surface area contributed by atoms with Gasteiger partial charge in [0.1, 0.15) is 11.6 Å². The molecule has 1 saturated heterocycles. The number of nitrogens with zero attached hydrogens (tertiary/aromatic N) is 1. The number of morpholine rings is 1. The second-order valence-corrected chi connectivity index (χ2v) is 7.28. The van der Waals surface area contributed by atoms with E-state index < -0.39 is 0 Å². The molecule has 0 spiro atoms. The van der Waals surface area contributed by atoms with Crippen LogP contribution in [-0.4, -0.2) is 49.8 Å². The molecule has 3 rings (SSSR count). The highest BCUT2D eigenvalue weighted by Crippen LogP contribution is 2.29. The van der Waals surface area contributed by atoms with Gasteiger partial charge in [0.2, 0.25) is 0 Å². The van der Waals surface area contributed by atoms with E-state index in [0.29, 0.717) is 54.9 Å². The second-order valence-electron chi connectivity index (χ2n) is 6.87. The summed E-state index contributed by atoms with van der Waals surface area (Å²) in [5.41, 5.74) is 7.40. The first kappa shape index (κ1) is 21.4. The van der Waals surface area contributed by atoms with Crippen LogP contribution < -0.4 is 15.8 Å². The predicted octanol–water partition coefficient (Wildman–Crippen LogP) is 3.09. The fourth-order valence-corrected chi connectivity index (χ4v) is 3.43. The molecule has 1 fully saturated rings. The summed E-state index contributed by atoms with van der Waals surface area (Å²) in [6, 6.07) is 9.63. The Hall–Kier alpha value is -2.35. The van der Waals surface area contributed by atoms with Crippen LogP contribution in [0, 0.1) is 5.82 Å². The molecular weight excluding hydrogens is 397 g/mol. The largest absolute Gasteiger partial charge is 0.493 e. The van der Waals surface area contributed by atoms with Crippen molar-refractivity contribution in [1.82, 2.24) is 10.2 Å².